The molecule has 0 aliphatic carbocycles. The predicted octanol–water partition coefficient (Wildman–Crippen LogP) is 2.63. The minimum Gasteiger partial charge on any atom is -0.466 e. The number of nitro groups is 1. The topological polar surface area (TPSA) is 85.0 Å². The van der Waals surface area contributed by atoms with E-state index < -0.39 is 10.8 Å². The number of rotatable bonds is 3. The molecule has 0 atom stereocenters. The minimum absolute atomic E-state index is 0.121. The molecule has 0 aromatic heterocycles. The highest BCUT2D eigenvalue weighted by atomic mass is 16.6. The molecule has 0 radical (unpaired) electrons. The second-order valence-electron chi connectivity index (χ2n) is 5.01. The average Bonchev–Trinajstić information content (AvgIpc) is 2.56. The van der Waals surface area contributed by atoms with Gasteiger partial charge in [-0.15, -0.1) is 5.10 Å². The molecule has 1 aliphatic rings. The van der Waals surface area contributed by atoms with Crippen molar-refractivity contribution in [2.24, 2.45) is 5.10 Å². The van der Waals surface area contributed by atoms with Gasteiger partial charge in [0.2, 0.25) is 5.90 Å². The fourth-order valence-electron chi connectivity index (χ4n) is 2.19. The van der Waals surface area contributed by atoms with E-state index in [1.54, 1.807) is 6.07 Å². The molecule has 116 valence electrons. The molecule has 1 aliphatic heterocycles. The number of aryl methyl sites for hydroxylation is 1. The number of hydrazone groups is 1. The summed E-state index contributed by atoms with van der Waals surface area (Å²) in [7, 11) is 0. The SMILES string of the molecule is Cc1ccc(C2=NN(c3ccccc3[N+](=O)[O-])C(=O)CO2)cc1. The van der Waals surface area contributed by atoms with Crippen molar-refractivity contribution >= 4 is 23.2 Å². The number of carbonyl (C=O) groups excluding carboxylic acids is 1. The molecule has 3 rings (SSSR count). The van der Waals surface area contributed by atoms with Crippen LogP contribution in [0.25, 0.3) is 0 Å². The Morgan fingerprint density at radius 1 is 1.17 bits per heavy atom. The largest absolute Gasteiger partial charge is 0.466 e. The van der Waals surface area contributed by atoms with Crippen molar-refractivity contribution in [1.29, 1.82) is 0 Å². The Hall–Kier alpha value is -3.22. The summed E-state index contributed by atoms with van der Waals surface area (Å²) < 4.78 is 5.36. The number of nitrogens with zero attached hydrogens (tertiary/aromatic N) is 3. The second kappa shape index (κ2) is 5.88. The zero-order chi connectivity index (χ0) is 16.4. The van der Waals surface area contributed by atoms with Crippen molar-refractivity contribution in [2.45, 2.75) is 6.92 Å². The lowest BCUT2D eigenvalue weighted by atomic mass is 10.1. The van der Waals surface area contributed by atoms with Crippen LogP contribution in [0.2, 0.25) is 0 Å². The molecule has 0 spiro atoms. The van der Waals surface area contributed by atoms with Gasteiger partial charge in [0.25, 0.3) is 11.6 Å². The molecule has 0 saturated carbocycles. The maximum Gasteiger partial charge on any atom is 0.295 e. The van der Waals surface area contributed by atoms with Crippen LogP contribution in [0.1, 0.15) is 11.1 Å². The van der Waals surface area contributed by atoms with E-state index in [-0.39, 0.29) is 23.9 Å². The summed E-state index contributed by atoms with van der Waals surface area (Å²) in [5.41, 5.74) is 1.72. The fraction of sp³-hybridized carbons (Fsp3) is 0.125. The monoisotopic (exact) mass is 311 g/mol. The normalized spacial score (nSPS) is 14.2. The Bertz CT molecular complexity index is 799. The molecule has 1 amide bonds. The Morgan fingerprint density at radius 3 is 2.57 bits per heavy atom. The third kappa shape index (κ3) is 2.89. The van der Waals surface area contributed by atoms with Crippen molar-refractivity contribution < 1.29 is 14.5 Å². The van der Waals surface area contributed by atoms with Gasteiger partial charge >= 0.3 is 0 Å². The van der Waals surface area contributed by atoms with Gasteiger partial charge in [-0.1, -0.05) is 29.8 Å². The number of para-hydroxylation sites is 2. The number of carbonyl (C=O) groups is 1. The molecule has 0 bridgehead atoms. The van der Waals surface area contributed by atoms with Gasteiger partial charge < -0.3 is 4.74 Å². The molecule has 0 N–H and O–H groups in total. The summed E-state index contributed by atoms with van der Waals surface area (Å²) in [6.07, 6.45) is 0. The van der Waals surface area contributed by atoms with Crippen molar-refractivity contribution in [3.05, 3.63) is 69.8 Å². The molecule has 2 aromatic rings. The number of anilines is 1. The standard InChI is InChI=1S/C16H13N3O4/c1-11-6-8-12(9-7-11)16-17-18(15(20)10-23-16)13-4-2-3-5-14(13)19(21)22/h2-9H,10H2,1H3. The highest BCUT2D eigenvalue weighted by Crippen LogP contribution is 2.29. The first-order valence-electron chi connectivity index (χ1n) is 6.91. The number of nitro benzene ring substituents is 1. The summed E-state index contributed by atoms with van der Waals surface area (Å²) in [5, 5.41) is 16.3. The Balaban J connectivity index is 2.04. The highest BCUT2D eigenvalue weighted by Gasteiger charge is 2.29. The first kappa shape index (κ1) is 14.7. The average molecular weight is 311 g/mol. The Kier molecular flexibility index (Phi) is 3.76. The second-order valence-corrected chi connectivity index (χ2v) is 5.01. The van der Waals surface area contributed by atoms with Crippen LogP contribution in [0.5, 0.6) is 0 Å². The minimum atomic E-state index is -0.543. The van der Waals surface area contributed by atoms with Crippen LogP contribution >= 0.6 is 0 Å². The highest BCUT2D eigenvalue weighted by molar-refractivity contribution is 6.05. The van der Waals surface area contributed by atoms with Crippen LogP contribution in [0.4, 0.5) is 11.4 Å². The lowest BCUT2D eigenvalue weighted by molar-refractivity contribution is -0.384. The molecule has 2 aromatic carbocycles. The molecule has 7 nitrogen and oxygen atoms in total. The van der Waals surface area contributed by atoms with Gasteiger partial charge in [-0.2, -0.15) is 5.01 Å². The van der Waals surface area contributed by atoms with Crippen LogP contribution in [0.15, 0.2) is 53.6 Å². The maximum atomic E-state index is 12.1. The van der Waals surface area contributed by atoms with Crippen molar-refractivity contribution in [3.8, 4) is 0 Å². The quantitative estimate of drug-likeness (QED) is 0.644. The van der Waals surface area contributed by atoms with Crippen LogP contribution in [-0.4, -0.2) is 23.3 Å². The van der Waals surface area contributed by atoms with Gasteiger partial charge in [0.1, 0.15) is 5.69 Å². The first-order valence-corrected chi connectivity index (χ1v) is 6.91. The molecule has 0 unspecified atom stereocenters. The molecule has 0 fully saturated rings. The van der Waals surface area contributed by atoms with E-state index in [1.807, 2.05) is 31.2 Å². The van der Waals surface area contributed by atoms with Gasteiger partial charge in [0.05, 0.1) is 4.92 Å². The molecule has 23 heavy (non-hydrogen) atoms. The number of amides is 1. The molecular weight excluding hydrogens is 298 g/mol. The van der Waals surface area contributed by atoms with E-state index >= 15 is 0 Å². The summed E-state index contributed by atoms with van der Waals surface area (Å²) in [6.45, 7) is 1.73. The summed E-state index contributed by atoms with van der Waals surface area (Å²) in [6, 6.07) is 13.4. The van der Waals surface area contributed by atoms with E-state index in [2.05, 4.69) is 5.10 Å². The fourth-order valence-corrected chi connectivity index (χ4v) is 2.19. The summed E-state index contributed by atoms with van der Waals surface area (Å²) in [4.78, 5) is 22.7. The van der Waals surface area contributed by atoms with Gasteiger partial charge in [-0.05, 0) is 25.1 Å². The van der Waals surface area contributed by atoms with E-state index in [0.717, 1.165) is 10.6 Å². The van der Waals surface area contributed by atoms with Crippen LogP contribution in [0.3, 0.4) is 0 Å². The smallest absolute Gasteiger partial charge is 0.295 e. The summed E-state index contributed by atoms with van der Waals surface area (Å²) in [5.74, 6) is -0.210. The Labute approximate surface area is 131 Å². The number of ether oxygens (including phenoxy) is 1. The van der Waals surface area contributed by atoms with Gasteiger partial charge in [-0.3, -0.25) is 14.9 Å². The van der Waals surface area contributed by atoms with Crippen LogP contribution in [0, 0.1) is 17.0 Å². The Morgan fingerprint density at radius 2 is 1.87 bits per heavy atom. The lowest BCUT2D eigenvalue weighted by Gasteiger charge is -2.23. The van der Waals surface area contributed by atoms with E-state index in [1.165, 1.54) is 18.2 Å². The number of hydrogen-bond donors (Lipinski definition) is 0. The van der Waals surface area contributed by atoms with Crippen LogP contribution < -0.4 is 5.01 Å². The van der Waals surface area contributed by atoms with Crippen molar-refractivity contribution in [1.82, 2.24) is 0 Å². The van der Waals surface area contributed by atoms with Crippen LogP contribution in [-0.2, 0) is 9.53 Å². The van der Waals surface area contributed by atoms with E-state index in [0.29, 0.717) is 5.56 Å². The predicted molar refractivity (Wildman–Crippen MR) is 84.3 cm³/mol. The zero-order valence-electron chi connectivity index (χ0n) is 12.3. The third-order valence-electron chi connectivity index (χ3n) is 3.36. The third-order valence-corrected chi connectivity index (χ3v) is 3.36. The molecule has 1 heterocycles. The zero-order valence-corrected chi connectivity index (χ0v) is 12.3. The number of hydrogen-bond acceptors (Lipinski definition) is 5. The van der Waals surface area contributed by atoms with Crippen molar-refractivity contribution in [2.75, 3.05) is 11.6 Å². The number of benzene rings is 2. The van der Waals surface area contributed by atoms with Crippen molar-refractivity contribution in [3.63, 3.8) is 0 Å². The lowest BCUT2D eigenvalue weighted by Crippen LogP contribution is -2.37. The van der Waals surface area contributed by atoms with Gasteiger partial charge in [0, 0.05) is 11.6 Å². The van der Waals surface area contributed by atoms with E-state index in [4.69, 9.17) is 4.74 Å². The molecular formula is C16H13N3O4. The van der Waals surface area contributed by atoms with E-state index in [9.17, 15) is 14.9 Å². The maximum absolute atomic E-state index is 12.1. The van der Waals surface area contributed by atoms with Gasteiger partial charge in [0.15, 0.2) is 6.61 Å². The molecule has 0 saturated heterocycles. The first-order chi connectivity index (χ1) is 11.1. The molecule has 7 heteroatoms. The van der Waals surface area contributed by atoms with Gasteiger partial charge in [-0.25, -0.2) is 0 Å². The summed E-state index contributed by atoms with van der Waals surface area (Å²) >= 11 is 0.